The molecule has 2 heterocycles. The van der Waals surface area contributed by atoms with Crippen LogP contribution in [0.3, 0.4) is 0 Å². The maximum absolute atomic E-state index is 12.2. The molecule has 0 amide bonds. The lowest BCUT2D eigenvalue weighted by Crippen LogP contribution is -2.43. The number of hydrogen-bond donors (Lipinski definition) is 2. The number of sulfonamides is 1. The van der Waals surface area contributed by atoms with Crippen molar-refractivity contribution in [2.45, 2.75) is 29.7 Å². The number of methoxy groups -OCH3 is 1. The highest BCUT2D eigenvalue weighted by Crippen LogP contribution is 2.22. The Morgan fingerprint density at radius 2 is 2.21 bits per heavy atom. The summed E-state index contributed by atoms with van der Waals surface area (Å²) in [5, 5.41) is 3.12. The average Bonchev–Trinajstić information content (AvgIpc) is 2.96. The summed E-state index contributed by atoms with van der Waals surface area (Å²) in [6.07, 6.45) is 0.747. The van der Waals surface area contributed by atoms with Gasteiger partial charge in [0.1, 0.15) is 4.21 Å². The first kappa shape index (κ1) is 16.9. The van der Waals surface area contributed by atoms with Crippen molar-refractivity contribution in [1.82, 2.24) is 10.0 Å². The Kier molecular flexibility index (Phi) is 6.22. The van der Waals surface area contributed by atoms with E-state index in [1.807, 2.05) is 13.0 Å². The van der Waals surface area contributed by atoms with Gasteiger partial charge in [0, 0.05) is 25.1 Å². The van der Waals surface area contributed by atoms with E-state index in [0.717, 1.165) is 11.3 Å². The second kappa shape index (κ2) is 7.01. The molecule has 1 fully saturated rings. The number of hydrogen-bond acceptors (Lipinski definition) is 5. The molecular weight excluding hydrogens is 308 g/mol. The zero-order valence-corrected chi connectivity index (χ0v) is 13.3. The molecule has 19 heavy (non-hydrogen) atoms. The highest BCUT2D eigenvalue weighted by molar-refractivity contribution is 7.91. The fourth-order valence-corrected chi connectivity index (χ4v) is 4.55. The van der Waals surface area contributed by atoms with Crippen molar-refractivity contribution in [2.24, 2.45) is 0 Å². The third-order valence-corrected chi connectivity index (χ3v) is 6.23. The maximum Gasteiger partial charge on any atom is 0.250 e. The fraction of sp³-hybridized carbons (Fsp3) is 0.636. The number of nitrogens with one attached hydrogen (secondary N) is 2. The molecule has 8 heteroatoms. The number of thiophene rings is 1. The lowest BCUT2D eigenvalue weighted by Gasteiger charge is -2.17. The van der Waals surface area contributed by atoms with Gasteiger partial charge in [0.05, 0.1) is 12.1 Å². The first-order chi connectivity index (χ1) is 8.56. The minimum atomic E-state index is -3.43. The van der Waals surface area contributed by atoms with Gasteiger partial charge in [-0.1, -0.05) is 6.92 Å². The van der Waals surface area contributed by atoms with Crippen LogP contribution < -0.4 is 10.0 Å². The maximum atomic E-state index is 12.2. The van der Waals surface area contributed by atoms with Crippen LogP contribution in [-0.4, -0.2) is 40.8 Å². The number of halogens is 1. The van der Waals surface area contributed by atoms with Crippen LogP contribution in [0.2, 0.25) is 0 Å². The van der Waals surface area contributed by atoms with Gasteiger partial charge in [-0.15, -0.1) is 23.7 Å². The van der Waals surface area contributed by atoms with E-state index in [4.69, 9.17) is 4.74 Å². The van der Waals surface area contributed by atoms with Crippen LogP contribution in [0.15, 0.2) is 16.3 Å². The summed E-state index contributed by atoms with van der Waals surface area (Å²) in [4.78, 5) is 1.07. The van der Waals surface area contributed by atoms with Gasteiger partial charge < -0.3 is 10.1 Å². The summed E-state index contributed by atoms with van der Waals surface area (Å²) in [5.74, 6) is 0. The van der Waals surface area contributed by atoms with Crippen molar-refractivity contribution in [3.05, 3.63) is 17.0 Å². The summed E-state index contributed by atoms with van der Waals surface area (Å²) in [6.45, 7) is 3.29. The van der Waals surface area contributed by atoms with E-state index in [0.29, 0.717) is 17.3 Å². The van der Waals surface area contributed by atoms with Crippen molar-refractivity contribution in [3.63, 3.8) is 0 Å². The van der Waals surface area contributed by atoms with Crippen LogP contribution in [0, 0.1) is 0 Å². The van der Waals surface area contributed by atoms with Crippen molar-refractivity contribution in [3.8, 4) is 0 Å². The smallest absolute Gasteiger partial charge is 0.250 e. The topological polar surface area (TPSA) is 67.4 Å². The molecule has 2 atom stereocenters. The lowest BCUT2D eigenvalue weighted by molar-refractivity contribution is 0.103. The van der Waals surface area contributed by atoms with E-state index in [9.17, 15) is 8.42 Å². The lowest BCUT2D eigenvalue weighted by atomic mass is 10.2. The monoisotopic (exact) mass is 326 g/mol. The van der Waals surface area contributed by atoms with Gasteiger partial charge in [0.15, 0.2) is 0 Å². The Morgan fingerprint density at radius 1 is 1.47 bits per heavy atom. The van der Waals surface area contributed by atoms with Crippen LogP contribution in [0.5, 0.6) is 0 Å². The van der Waals surface area contributed by atoms with Gasteiger partial charge in [-0.25, -0.2) is 13.1 Å². The van der Waals surface area contributed by atoms with Gasteiger partial charge >= 0.3 is 0 Å². The molecule has 110 valence electrons. The second-order valence-electron chi connectivity index (χ2n) is 4.23. The molecule has 0 unspecified atom stereocenters. The first-order valence-electron chi connectivity index (χ1n) is 5.91. The molecule has 0 saturated carbocycles. The van der Waals surface area contributed by atoms with Crippen LogP contribution >= 0.6 is 23.7 Å². The molecule has 0 radical (unpaired) electrons. The fourth-order valence-electron chi connectivity index (χ4n) is 1.97. The van der Waals surface area contributed by atoms with Crippen LogP contribution in [0.1, 0.15) is 11.8 Å². The van der Waals surface area contributed by atoms with Crippen LogP contribution in [0.4, 0.5) is 0 Å². The van der Waals surface area contributed by atoms with E-state index in [2.05, 4.69) is 10.0 Å². The molecule has 1 aliphatic heterocycles. The van der Waals surface area contributed by atoms with Gasteiger partial charge in [0.2, 0.25) is 10.0 Å². The van der Waals surface area contributed by atoms with Gasteiger partial charge in [-0.05, 0) is 18.6 Å². The Hall–Kier alpha value is -0.180. The van der Waals surface area contributed by atoms with Gasteiger partial charge in [-0.2, -0.15) is 0 Å². The summed E-state index contributed by atoms with van der Waals surface area (Å²) >= 11 is 1.32. The number of ether oxygens (including phenoxy) is 1. The SMILES string of the molecule is CCc1ccc(S(=O)(=O)N[C@H]2CNC[C@@H]2OC)s1.Cl. The molecule has 0 bridgehead atoms. The minimum absolute atomic E-state index is 0. The molecule has 5 nitrogen and oxygen atoms in total. The molecule has 1 aliphatic rings. The molecule has 1 aromatic rings. The third-order valence-electron chi connectivity index (χ3n) is 3.02. The molecular formula is C11H19ClN2O3S2. The van der Waals surface area contributed by atoms with Crippen molar-refractivity contribution in [2.75, 3.05) is 20.2 Å². The molecule has 2 N–H and O–H groups in total. The third kappa shape index (κ3) is 3.90. The van der Waals surface area contributed by atoms with Crippen molar-refractivity contribution < 1.29 is 13.2 Å². The van der Waals surface area contributed by atoms with Gasteiger partial charge in [-0.3, -0.25) is 0 Å². The number of aryl methyl sites for hydroxylation is 1. The van der Waals surface area contributed by atoms with E-state index in [-0.39, 0.29) is 24.6 Å². The predicted octanol–water partition coefficient (Wildman–Crippen LogP) is 0.997. The summed E-state index contributed by atoms with van der Waals surface area (Å²) in [7, 11) is -1.83. The number of rotatable bonds is 5. The zero-order valence-electron chi connectivity index (χ0n) is 10.9. The normalized spacial score (nSPS) is 23.3. The van der Waals surface area contributed by atoms with E-state index < -0.39 is 10.0 Å². The van der Waals surface area contributed by atoms with E-state index in [1.165, 1.54) is 11.3 Å². The first-order valence-corrected chi connectivity index (χ1v) is 8.21. The average molecular weight is 327 g/mol. The van der Waals surface area contributed by atoms with E-state index >= 15 is 0 Å². The summed E-state index contributed by atoms with van der Waals surface area (Å²) in [6, 6.07) is 3.32. The Balaban J connectivity index is 0.00000180. The Morgan fingerprint density at radius 3 is 2.79 bits per heavy atom. The molecule has 2 rings (SSSR count). The van der Waals surface area contributed by atoms with Crippen LogP contribution in [-0.2, 0) is 21.2 Å². The molecule has 0 spiro atoms. The molecule has 0 aromatic carbocycles. The zero-order chi connectivity index (χ0) is 13.2. The second-order valence-corrected chi connectivity index (χ2v) is 7.34. The summed E-state index contributed by atoms with van der Waals surface area (Å²) in [5.41, 5.74) is 0. The highest BCUT2D eigenvalue weighted by Gasteiger charge is 2.31. The molecule has 1 saturated heterocycles. The quantitative estimate of drug-likeness (QED) is 0.847. The Bertz CT molecular complexity index is 504. The molecule has 1 aromatic heterocycles. The minimum Gasteiger partial charge on any atom is -0.378 e. The largest absolute Gasteiger partial charge is 0.378 e. The van der Waals surface area contributed by atoms with Crippen LogP contribution in [0.25, 0.3) is 0 Å². The van der Waals surface area contributed by atoms with E-state index in [1.54, 1.807) is 13.2 Å². The predicted molar refractivity (Wildman–Crippen MR) is 78.7 cm³/mol. The van der Waals surface area contributed by atoms with Crippen molar-refractivity contribution >= 4 is 33.8 Å². The molecule has 0 aliphatic carbocycles. The summed E-state index contributed by atoms with van der Waals surface area (Å²) < 4.78 is 32.7. The standard InChI is InChI=1S/C11H18N2O3S2.ClH/c1-3-8-4-5-11(17-8)18(14,15)13-9-6-12-7-10(9)16-2;/h4-5,9-10,12-13H,3,6-7H2,1-2H3;1H/t9-,10-;/m0./s1. The van der Waals surface area contributed by atoms with Gasteiger partial charge in [0.25, 0.3) is 0 Å². The van der Waals surface area contributed by atoms with Crippen molar-refractivity contribution in [1.29, 1.82) is 0 Å². The highest BCUT2D eigenvalue weighted by atomic mass is 35.5. The Labute approximate surface area is 124 Å².